The molecule has 0 bridgehead atoms. The van der Waals surface area contributed by atoms with Crippen molar-refractivity contribution in [1.29, 1.82) is 0 Å². The number of ether oxygens (including phenoxy) is 1. The lowest BCUT2D eigenvalue weighted by Crippen LogP contribution is -2.42. The standard InChI is InChI=1S/C20H22N2O4/c1-26-16-8-4-7-15(12-16)21-18-10-3-2-9-17(18)19(23)22-11-5-6-14(13-22)20(24)25/h2-4,7-10,12,14,21H,5-6,11,13H2,1H3,(H,24,25). The van der Waals surface area contributed by atoms with Gasteiger partial charge in [-0.1, -0.05) is 18.2 Å². The minimum absolute atomic E-state index is 0.151. The van der Waals surface area contributed by atoms with Crippen LogP contribution >= 0.6 is 0 Å². The largest absolute Gasteiger partial charge is 0.497 e. The minimum Gasteiger partial charge on any atom is -0.497 e. The molecule has 1 unspecified atom stereocenters. The third-order valence-corrected chi connectivity index (χ3v) is 4.56. The third kappa shape index (κ3) is 3.96. The number of carbonyl (C=O) groups is 2. The highest BCUT2D eigenvalue weighted by Crippen LogP contribution is 2.26. The minimum atomic E-state index is -0.842. The Morgan fingerprint density at radius 3 is 2.77 bits per heavy atom. The van der Waals surface area contributed by atoms with E-state index in [1.807, 2.05) is 42.5 Å². The van der Waals surface area contributed by atoms with E-state index in [1.165, 1.54) is 0 Å². The Balaban J connectivity index is 1.82. The number of carboxylic acids is 1. The van der Waals surface area contributed by atoms with Gasteiger partial charge in [-0.15, -0.1) is 0 Å². The number of carbonyl (C=O) groups excluding carboxylic acids is 1. The number of amides is 1. The summed E-state index contributed by atoms with van der Waals surface area (Å²) in [6.07, 6.45) is 1.32. The van der Waals surface area contributed by atoms with Crippen LogP contribution in [0.4, 0.5) is 11.4 Å². The molecule has 0 aromatic heterocycles. The maximum Gasteiger partial charge on any atom is 0.308 e. The van der Waals surface area contributed by atoms with Crippen LogP contribution in [-0.4, -0.2) is 42.1 Å². The SMILES string of the molecule is COc1cccc(Nc2ccccc2C(=O)N2CCCC(C(=O)O)C2)c1. The number of likely N-dealkylation sites (tertiary alicyclic amines) is 1. The Labute approximate surface area is 152 Å². The lowest BCUT2D eigenvalue weighted by atomic mass is 9.97. The number of piperidine rings is 1. The maximum absolute atomic E-state index is 13.0. The van der Waals surface area contributed by atoms with E-state index in [1.54, 1.807) is 18.1 Å². The molecule has 2 aromatic carbocycles. The van der Waals surface area contributed by atoms with Crippen molar-refractivity contribution in [2.45, 2.75) is 12.8 Å². The first-order chi connectivity index (χ1) is 12.6. The average molecular weight is 354 g/mol. The molecule has 26 heavy (non-hydrogen) atoms. The molecule has 0 aliphatic carbocycles. The monoisotopic (exact) mass is 354 g/mol. The summed E-state index contributed by atoms with van der Waals surface area (Å²) in [6.45, 7) is 0.831. The van der Waals surface area contributed by atoms with E-state index >= 15 is 0 Å². The van der Waals surface area contributed by atoms with Gasteiger partial charge in [0.1, 0.15) is 5.75 Å². The van der Waals surface area contributed by atoms with E-state index in [0.29, 0.717) is 30.6 Å². The molecule has 1 atom stereocenters. The maximum atomic E-state index is 13.0. The summed E-state index contributed by atoms with van der Waals surface area (Å²) in [5, 5.41) is 12.5. The highest BCUT2D eigenvalue weighted by atomic mass is 16.5. The van der Waals surface area contributed by atoms with Crippen LogP contribution in [0.1, 0.15) is 23.2 Å². The van der Waals surface area contributed by atoms with E-state index < -0.39 is 11.9 Å². The number of nitrogens with one attached hydrogen (secondary N) is 1. The predicted octanol–water partition coefficient (Wildman–Crippen LogP) is 3.38. The summed E-state index contributed by atoms with van der Waals surface area (Å²) in [5.74, 6) is -0.766. The van der Waals surface area contributed by atoms with Gasteiger partial charge in [-0.25, -0.2) is 0 Å². The zero-order valence-electron chi connectivity index (χ0n) is 14.6. The van der Waals surface area contributed by atoms with Gasteiger partial charge in [-0.3, -0.25) is 9.59 Å². The van der Waals surface area contributed by atoms with Crippen molar-refractivity contribution >= 4 is 23.3 Å². The van der Waals surface area contributed by atoms with E-state index in [9.17, 15) is 14.7 Å². The molecule has 2 N–H and O–H groups in total. The smallest absolute Gasteiger partial charge is 0.308 e. The van der Waals surface area contributed by atoms with Crippen molar-refractivity contribution in [3.05, 3.63) is 54.1 Å². The number of hydrogen-bond donors (Lipinski definition) is 2. The molecule has 6 nitrogen and oxygen atoms in total. The second-order valence-electron chi connectivity index (χ2n) is 6.33. The van der Waals surface area contributed by atoms with Crippen molar-refractivity contribution in [1.82, 2.24) is 4.90 Å². The lowest BCUT2D eigenvalue weighted by Gasteiger charge is -2.31. The molecular formula is C20H22N2O4. The number of hydrogen-bond acceptors (Lipinski definition) is 4. The second-order valence-corrected chi connectivity index (χ2v) is 6.33. The van der Waals surface area contributed by atoms with Crippen LogP contribution < -0.4 is 10.1 Å². The van der Waals surface area contributed by atoms with Crippen LogP contribution in [0, 0.1) is 5.92 Å². The summed E-state index contributed by atoms with van der Waals surface area (Å²) in [4.78, 5) is 25.9. The van der Waals surface area contributed by atoms with Crippen LogP contribution in [0.15, 0.2) is 48.5 Å². The Bertz CT molecular complexity index is 806. The summed E-state index contributed by atoms with van der Waals surface area (Å²) < 4.78 is 5.23. The number of aliphatic carboxylic acids is 1. The second kappa shape index (κ2) is 7.91. The van der Waals surface area contributed by atoms with Gasteiger partial charge < -0.3 is 20.1 Å². The first-order valence-corrected chi connectivity index (χ1v) is 8.60. The molecule has 0 radical (unpaired) electrons. The van der Waals surface area contributed by atoms with Crippen LogP contribution in [0.3, 0.4) is 0 Å². The fourth-order valence-corrected chi connectivity index (χ4v) is 3.17. The average Bonchev–Trinajstić information content (AvgIpc) is 2.68. The molecule has 3 rings (SSSR count). The highest BCUT2D eigenvalue weighted by molar-refractivity contribution is 6.00. The third-order valence-electron chi connectivity index (χ3n) is 4.56. The zero-order valence-corrected chi connectivity index (χ0v) is 14.6. The summed E-state index contributed by atoms with van der Waals surface area (Å²) in [7, 11) is 1.60. The van der Waals surface area contributed by atoms with E-state index in [4.69, 9.17) is 4.74 Å². The van der Waals surface area contributed by atoms with Gasteiger partial charge >= 0.3 is 5.97 Å². The molecule has 1 saturated heterocycles. The number of carboxylic acid groups (broad SMARTS) is 1. The topological polar surface area (TPSA) is 78.9 Å². The van der Waals surface area contributed by atoms with Crippen LogP contribution in [0.2, 0.25) is 0 Å². The van der Waals surface area contributed by atoms with Crippen LogP contribution in [0.5, 0.6) is 5.75 Å². The quantitative estimate of drug-likeness (QED) is 0.861. The molecule has 1 fully saturated rings. The normalized spacial score (nSPS) is 16.8. The Hall–Kier alpha value is -3.02. The molecule has 1 amide bonds. The molecule has 1 aliphatic heterocycles. The number of methoxy groups -OCH3 is 1. The molecule has 1 heterocycles. The Morgan fingerprint density at radius 2 is 2.00 bits per heavy atom. The molecule has 0 spiro atoms. The van der Waals surface area contributed by atoms with Crippen molar-refractivity contribution in [3.8, 4) is 5.75 Å². The fourth-order valence-electron chi connectivity index (χ4n) is 3.17. The number of anilines is 2. The molecular weight excluding hydrogens is 332 g/mol. The van der Waals surface area contributed by atoms with Crippen molar-refractivity contribution in [2.75, 3.05) is 25.5 Å². The van der Waals surface area contributed by atoms with Gasteiger partial charge in [0.2, 0.25) is 0 Å². The first kappa shape index (κ1) is 17.8. The number of para-hydroxylation sites is 1. The molecule has 0 saturated carbocycles. The van der Waals surface area contributed by atoms with E-state index in [0.717, 1.165) is 11.4 Å². The van der Waals surface area contributed by atoms with Gasteiger partial charge in [0.25, 0.3) is 5.91 Å². The van der Waals surface area contributed by atoms with Crippen molar-refractivity contribution < 1.29 is 19.4 Å². The zero-order chi connectivity index (χ0) is 18.5. The van der Waals surface area contributed by atoms with E-state index in [2.05, 4.69) is 5.32 Å². The van der Waals surface area contributed by atoms with Gasteiger partial charge in [-0.05, 0) is 37.1 Å². The molecule has 1 aliphatic rings. The van der Waals surface area contributed by atoms with Crippen LogP contribution in [0.25, 0.3) is 0 Å². The molecule has 6 heteroatoms. The first-order valence-electron chi connectivity index (χ1n) is 8.60. The van der Waals surface area contributed by atoms with E-state index in [-0.39, 0.29) is 12.5 Å². The van der Waals surface area contributed by atoms with Gasteiger partial charge in [-0.2, -0.15) is 0 Å². The number of nitrogens with zero attached hydrogens (tertiary/aromatic N) is 1. The predicted molar refractivity (Wildman–Crippen MR) is 99.0 cm³/mol. The van der Waals surface area contributed by atoms with Crippen molar-refractivity contribution in [3.63, 3.8) is 0 Å². The highest BCUT2D eigenvalue weighted by Gasteiger charge is 2.29. The molecule has 136 valence electrons. The van der Waals surface area contributed by atoms with Gasteiger partial charge in [0.15, 0.2) is 0 Å². The Morgan fingerprint density at radius 1 is 1.19 bits per heavy atom. The van der Waals surface area contributed by atoms with Crippen LogP contribution in [-0.2, 0) is 4.79 Å². The number of rotatable bonds is 5. The summed E-state index contributed by atoms with van der Waals surface area (Å²) in [6, 6.07) is 14.7. The fraction of sp³-hybridized carbons (Fsp3) is 0.300. The van der Waals surface area contributed by atoms with Crippen molar-refractivity contribution in [2.24, 2.45) is 5.92 Å². The van der Waals surface area contributed by atoms with Gasteiger partial charge in [0, 0.05) is 24.8 Å². The molecule has 2 aromatic rings. The summed E-state index contributed by atoms with van der Waals surface area (Å²) >= 11 is 0. The Kier molecular flexibility index (Phi) is 5.41. The summed E-state index contributed by atoms with van der Waals surface area (Å²) in [5.41, 5.74) is 2.02. The lowest BCUT2D eigenvalue weighted by molar-refractivity contribution is -0.143. The number of benzene rings is 2. The van der Waals surface area contributed by atoms with Gasteiger partial charge in [0.05, 0.1) is 24.3 Å².